The number of aromatic nitrogens is 2. The molecule has 1 aromatic heterocycles. The Morgan fingerprint density at radius 1 is 1.42 bits per heavy atom. The molecule has 24 heavy (non-hydrogen) atoms. The maximum absolute atomic E-state index is 11.3. The first-order valence-electron chi connectivity index (χ1n) is 8.19. The number of benzene rings is 1. The molecular formula is C18H23N3O3. The number of rotatable bonds is 4. The molecule has 2 aromatic rings. The largest absolute Gasteiger partial charge is 0.481 e. The van der Waals surface area contributed by atoms with Gasteiger partial charge >= 0.3 is 5.97 Å². The number of likely N-dealkylation sites (tertiary alicyclic amines) is 1. The van der Waals surface area contributed by atoms with E-state index in [2.05, 4.69) is 47.1 Å². The smallest absolute Gasteiger partial charge is 0.310 e. The number of carbonyl (C=O) groups is 1. The summed E-state index contributed by atoms with van der Waals surface area (Å²) >= 11 is 0. The quantitative estimate of drug-likeness (QED) is 0.798. The van der Waals surface area contributed by atoms with Gasteiger partial charge in [0, 0.05) is 30.8 Å². The van der Waals surface area contributed by atoms with Gasteiger partial charge in [0.1, 0.15) is 0 Å². The normalized spacial score (nSPS) is 21.8. The highest BCUT2D eigenvalue weighted by Crippen LogP contribution is 2.28. The summed E-state index contributed by atoms with van der Waals surface area (Å²) < 4.78 is 0. The van der Waals surface area contributed by atoms with Crippen molar-refractivity contribution in [3.05, 3.63) is 41.1 Å². The minimum atomic E-state index is -0.936. The molecule has 6 nitrogen and oxygen atoms in total. The van der Waals surface area contributed by atoms with Crippen LogP contribution in [0.25, 0.3) is 11.3 Å². The Balaban J connectivity index is 1.81. The standard InChI is InChI=1S/C18H23N3O3/c1-11-3-4-12(2)14(7-11)17-13(8-19-20-17)9-21-6-5-16(22)15(10-21)18(23)24/h3-4,7-8,15-16,22H,5-6,9-10H2,1-2H3,(H,19,20)(H,23,24)/t15-,16-/m1/s1. The van der Waals surface area contributed by atoms with Gasteiger partial charge in [0.2, 0.25) is 0 Å². The van der Waals surface area contributed by atoms with E-state index in [-0.39, 0.29) is 0 Å². The maximum Gasteiger partial charge on any atom is 0.310 e. The first-order valence-corrected chi connectivity index (χ1v) is 8.19. The first kappa shape index (κ1) is 16.7. The number of aromatic amines is 1. The summed E-state index contributed by atoms with van der Waals surface area (Å²) in [5, 5.41) is 26.4. The molecule has 0 bridgehead atoms. The molecule has 0 amide bonds. The van der Waals surface area contributed by atoms with E-state index in [1.807, 2.05) is 0 Å². The van der Waals surface area contributed by atoms with Crippen LogP contribution in [0.5, 0.6) is 0 Å². The van der Waals surface area contributed by atoms with Gasteiger partial charge in [-0.2, -0.15) is 5.10 Å². The molecule has 3 rings (SSSR count). The number of H-pyrrole nitrogens is 1. The third kappa shape index (κ3) is 3.34. The Hall–Kier alpha value is -2.18. The first-order chi connectivity index (χ1) is 11.5. The zero-order chi connectivity index (χ0) is 17.3. The number of carboxylic acid groups (broad SMARTS) is 1. The predicted molar refractivity (Wildman–Crippen MR) is 90.5 cm³/mol. The van der Waals surface area contributed by atoms with E-state index in [0.29, 0.717) is 26.1 Å². The fraction of sp³-hybridized carbons (Fsp3) is 0.444. The number of aliphatic carboxylic acids is 1. The highest BCUT2D eigenvalue weighted by molar-refractivity contribution is 5.71. The third-order valence-electron chi connectivity index (χ3n) is 4.75. The topological polar surface area (TPSA) is 89.5 Å². The van der Waals surface area contributed by atoms with Gasteiger partial charge in [0.05, 0.1) is 23.9 Å². The van der Waals surface area contributed by atoms with Crippen LogP contribution in [-0.2, 0) is 11.3 Å². The Labute approximate surface area is 141 Å². The van der Waals surface area contributed by atoms with Crippen LogP contribution >= 0.6 is 0 Å². The summed E-state index contributed by atoms with van der Waals surface area (Å²) in [6.07, 6.45) is 1.52. The highest BCUT2D eigenvalue weighted by atomic mass is 16.4. The van der Waals surface area contributed by atoms with E-state index in [0.717, 1.165) is 16.8 Å². The van der Waals surface area contributed by atoms with E-state index in [9.17, 15) is 15.0 Å². The molecule has 1 saturated heterocycles. The molecule has 0 unspecified atom stereocenters. The van der Waals surface area contributed by atoms with Gasteiger partial charge in [-0.15, -0.1) is 0 Å². The van der Waals surface area contributed by atoms with Gasteiger partial charge in [-0.1, -0.05) is 17.7 Å². The van der Waals surface area contributed by atoms with Gasteiger partial charge in [-0.05, 0) is 31.9 Å². The third-order valence-corrected chi connectivity index (χ3v) is 4.75. The number of hydrogen-bond acceptors (Lipinski definition) is 4. The van der Waals surface area contributed by atoms with Crippen molar-refractivity contribution in [3.63, 3.8) is 0 Å². The van der Waals surface area contributed by atoms with Gasteiger partial charge in [-0.3, -0.25) is 14.8 Å². The van der Waals surface area contributed by atoms with Crippen LogP contribution in [0, 0.1) is 19.8 Å². The van der Waals surface area contributed by atoms with Crippen LogP contribution < -0.4 is 0 Å². The number of piperidine rings is 1. The number of nitrogens with one attached hydrogen (secondary N) is 1. The van der Waals surface area contributed by atoms with E-state index in [1.165, 1.54) is 11.1 Å². The number of nitrogens with zero attached hydrogens (tertiary/aromatic N) is 2. The van der Waals surface area contributed by atoms with Crippen LogP contribution in [0.1, 0.15) is 23.1 Å². The molecule has 0 spiro atoms. The van der Waals surface area contributed by atoms with Crippen molar-refractivity contribution in [1.29, 1.82) is 0 Å². The molecule has 0 aliphatic carbocycles. The highest BCUT2D eigenvalue weighted by Gasteiger charge is 2.33. The lowest BCUT2D eigenvalue weighted by Gasteiger charge is -2.33. The summed E-state index contributed by atoms with van der Waals surface area (Å²) in [5.41, 5.74) is 5.50. The van der Waals surface area contributed by atoms with Gasteiger partial charge in [0.25, 0.3) is 0 Å². The second kappa shape index (κ2) is 6.75. The lowest BCUT2D eigenvalue weighted by Crippen LogP contribution is -2.46. The van der Waals surface area contributed by atoms with Crippen molar-refractivity contribution < 1.29 is 15.0 Å². The second-order valence-electron chi connectivity index (χ2n) is 6.62. The molecule has 0 saturated carbocycles. The van der Waals surface area contributed by atoms with Crippen molar-refractivity contribution in [2.24, 2.45) is 5.92 Å². The van der Waals surface area contributed by atoms with Crippen molar-refractivity contribution in [1.82, 2.24) is 15.1 Å². The second-order valence-corrected chi connectivity index (χ2v) is 6.62. The summed E-state index contributed by atoms with van der Waals surface area (Å²) in [6, 6.07) is 6.30. The number of aliphatic hydroxyl groups excluding tert-OH is 1. The van der Waals surface area contributed by atoms with Crippen molar-refractivity contribution >= 4 is 5.97 Å². The molecular weight excluding hydrogens is 306 g/mol. The van der Waals surface area contributed by atoms with E-state index >= 15 is 0 Å². The SMILES string of the molecule is Cc1ccc(C)c(-c2[nH]ncc2CN2CC[C@@H](O)[C@H](C(=O)O)C2)c1. The zero-order valence-electron chi connectivity index (χ0n) is 14.0. The van der Waals surface area contributed by atoms with Crippen LogP contribution in [0.3, 0.4) is 0 Å². The summed E-state index contributed by atoms with van der Waals surface area (Å²) in [4.78, 5) is 13.4. The van der Waals surface area contributed by atoms with Crippen LogP contribution in [-0.4, -0.2) is 50.5 Å². The monoisotopic (exact) mass is 329 g/mol. The average molecular weight is 329 g/mol. The van der Waals surface area contributed by atoms with Crippen LogP contribution in [0.2, 0.25) is 0 Å². The summed E-state index contributed by atoms with van der Waals surface area (Å²) in [5.74, 6) is -1.66. The Bertz CT molecular complexity index is 741. The average Bonchev–Trinajstić information content (AvgIpc) is 2.99. The minimum Gasteiger partial charge on any atom is -0.481 e. The Kier molecular flexibility index (Phi) is 4.69. The van der Waals surface area contributed by atoms with Crippen LogP contribution in [0.4, 0.5) is 0 Å². The minimum absolute atomic E-state index is 0.355. The van der Waals surface area contributed by atoms with E-state index in [4.69, 9.17) is 0 Å². The predicted octanol–water partition coefficient (Wildman–Crippen LogP) is 1.96. The lowest BCUT2D eigenvalue weighted by atomic mass is 9.94. The molecule has 1 aliphatic heterocycles. The number of carboxylic acids is 1. The zero-order valence-corrected chi connectivity index (χ0v) is 14.0. The van der Waals surface area contributed by atoms with E-state index < -0.39 is 18.0 Å². The molecule has 1 aromatic carbocycles. The van der Waals surface area contributed by atoms with Crippen molar-refractivity contribution in [2.45, 2.75) is 32.9 Å². The maximum atomic E-state index is 11.3. The van der Waals surface area contributed by atoms with E-state index in [1.54, 1.807) is 6.20 Å². The Morgan fingerprint density at radius 3 is 2.96 bits per heavy atom. The molecule has 3 N–H and O–H groups in total. The molecule has 2 atom stereocenters. The fourth-order valence-electron chi connectivity index (χ4n) is 3.30. The molecule has 1 aliphatic rings. The van der Waals surface area contributed by atoms with Crippen molar-refractivity contribution in [2.75, 3.05) is 13.1 Å². The molecule has 1 fully saturated rings. The van der Waals surface area contributed by atoms with Gasteiger partial charge < -0.3 is 10.2 Å². The molecule has 128 valence electrons. The van der Waals surface area contributed by atoms with Crippen LogP contribution in [0.15, 0.2) is 24.4 Å². The number of aryl methyl sites for hydroxylation is 2. The molecule has 0 radical (unpaired) electrons. The van der Waals surface area contributed by atoms with Gasteiger partial charge in [-0.25, -0.2) is 0 Å². The van der Waals surface area contributed by atoms with Crippen molar-refractivity contribution in [3.8, 4) is 11.3 Å². The molecule has 6 heteroatoms. The number of aliphatic hydroxyl groups is 1. The lowest BCUT2D eigenvalue weighted by molar-refractivity contribution is -0.149. The summed E-state index contributed by atoms with van der Waals surface area (Å²) in [7, 11) is 0. The Morgan fingerprint density at radius 2 is 2.21 bits per heavy atom. The molecule has 2 heterocycles. The number of hydrogen-bond donors (Lipinski definition) is 3. The van der Waals surface area contributed by atoms with Gasteiger partial charge in [0.15, 0.2) is 0 Å². The fourth-order valence-corrected chi connectivity index (χ4v) is 3.30. The summed E-state index contributed by atoms with van der Waals surface area (Å²) in [6.45, 7) is 5.78.